The Hall–Kier alpha value is -0.570. The molecule has 0 radical (unpaired) electrons. The number of carbonyl (C=O) groups excluding carboxylic acids is 1. The first kappa shape index (κ1) is 10.5. The average Bonchev–Trinajstić information content (AvgIpc) is 1.79. The Labute approximate surface area is 80.5 Å². The summed E-state index contributed by atoms with van der Waals surface area (Å²) in [6.45, 7) is 10.0. The lowest BCUT2D eigenvalue weighted by atomic mass is 10.00. The monoisotopic (exact) mass is 184 g/mol. The van der Waals surface area contributed by atoms with Gasteiger partial charge in [-0.05, 0) is 27.7 Å². The first-order valence-corrected chi connectivity index (χ1v) is 5.07. The molecule has 3 heteroatoms. The molecule has 0 unspecified atom stereocenters. The van der Waals surface area contributed by atoms with E-state index < -0.39 is 0 Å². The van der Waals surface area contributed by atoms with Gasteiger partial charge in [0.15, 0.2) is 0 Å². The van der Waals surface area contributed by atoms with Crippen molar-refractivity contribution in [3.05, 3.63) is 0 Å². The van der Waals surface area contributed by atoms with Gasteiger partial charge in [-0.2, -0.15) is 0 Å². The molecule has 3 nitrogen and oxygen atoms in total. The average molecular weight is 184 g/mol. The highest BCUT2D eigenvalue weighted by Crippen LogP contribution is 2.13. The zero-order valence-corrected chi connectivity index (χ0v) is 9.00. The van der Waals surface area contributed by atoms with Gasteiger partial charge in [0.25, 0.3) is 0 Å². The molecule has 1 fully saturated rings. The Balaban J connectivity index is 2.57. The van der Waals surface area contributed by atoms with Gasteiger partial charge in [0.2, 0.25) is 5.91 Å². The highest BCUT2D eigenvalue weighted by atomic mass is 16.2. The van der Waals surface area contributed by atoms with Gasteiger partial charge in [-0.25, -0.2) is 0 Å². The second-order valence-electron chi connectivity index (χ2n) is 4.29. The van der Waals surface area contributed by atoms with E-state index in [1.807, 2.05) is 4.90 Å². The molecule has 1 saturated heterocycles. The highest BCUT2D eigenvalue weighted by Gasteiger charge is 2.31. The normalized spacial score (nSPS) is 17.7. The summed E-state index contributed by atoms with van der Waals surface area (Å²) in [5, 5.41) is 3.13. The van der Waals surface area contributed by atoms with E-state index in [1.165, 1.54) is 0 Å². The van der Waals surface area contributed by atoms with Crippen LogP contribution < -0.4 is 5.32 Å². The van der Waals surface area contributed by atoms with Crippen molar-refractivity contribution in [1.82, 2.24) is 10.2 Å². The maximum Gasteiger partial charge on any atom is 0.228 e. The highest BCUT2D eigenvalue weighted by molar-refractivity contribution is 5.80. The van der Waals surface area contributed by atoms with Crippen LogP contribution in [0.2, 0.25) is 0 Å². The van der Waals surface area contributed by atoms with Crippen LogP contribution in [0.15, 0.2) is 0 Å². The summed E-state index contributed by atoms with van der Waals surface area (Å²) in [6, 6.07) is 0.626. The quantitative estimate of drug-likeness (QED) is 0.705. The number of hydrogen-bond donors (Lipinski definition) is 1. The minimum Gasteiger partial charge on any atom is -0.338 e. The van der Waals surface area contributed by atoms with Crippen LogP contribution in [0, 0.1) is 5.92 Å². The Kier molecular flexibility index (Phi) is 3.31. The summed E-state index contributed by atoms with van der Waals surface area (Å²) in [5.41, 5.74) is 0. The predicted octanol–water partition coefficient (Wildman–Crippen LogP) is 0.851. The number of nitrogens with one attached hydrogen (secondary N) is 1. The molecule has 0 saturated carbocycles. The topological polar surface area (TPSA) is 32.3 Å². The molecule has 0 atom stereocenters. The van der Waals surface area contributed by atoms with Crippen LogP contribution in [-0.4, -0.2) is 36.0 Å². The lowest BCUT2D eigenvalue weighted by molar-refractivity contribution is -0.140. The molecule has 0 aromatic carbocycles. The molecule has 76 valence electrons. The van der Waals surface area contributed by atoms with Crippen molar-refractivity contribution >= 4 is 5.91 Å². The van der Waals surface area contributed by atoms with Crippen molar-refractivity contribution < 1.29 is 4.79 Å². The SMILES string of the molecule is CC(C)N(C(=O)C1CNC1)C(C)C. The largest absolute Gasteiger partial charge is 0.338 e. The minimum absolute atomic E-state index is 0.227. The summed E-state index contributed by atoms with van der Waals surface area (Å²) in [6.07, 6.45) is 0. The molecular formula is C10H20N2O. The van der Waals surface area contributed by atoms with Gasteiger partial charge in [-0.1, -0.05) is 0 Å². The lowest BCUT2D eigenvalue weighted by Crippen LogP contribution is -2.55. The van der Waals surface area contributed by atoms with Crippen molar-refractivity contribution in [3.8, 4) is 0 Å². The molecule has 1 aliphatic rings. The number of rotatable bonds is 3. The van der Waals surface area contributed by atoms with E-state index in [0.29, 0.717) is 18.0 Å². The third-order valence-corrected chi connectivity index (χ3v) is 2.50. The number of amides is 1. The van der Waals surface area contributed by atoms with Gasteiger partial charge in [0, 0.05) is 25.2 Å². The summed E-state index contributed by atoms with van der Waals surface area (Å²) < 4.78 is 0. The van der Waals surface area contributed by atoms with E-state index in [4.69, 9.17) is 0 Å². The Morgan fingerprint density at radius 1 is 1.23 bits per heavy atom. The van der Waals surface area contributed by atoms with Crippen LogP contribution in [0.25, 0.3) is 0 Å². The van der Waals surface area contributed by atoms with Crippen LogP contribution >= 0.6 is 0 Å². The smallest absolute Gasteiger partial charge is 0.228 e. The number of carbonyl (C=O) groups is 1. The van der Waals surface area contributed by atoms with E-state index in [1.54, 1.807) is 0 Å². The Morgan fingerprint density at radius 3 is 1.92 bits per heavy atom. The Bertz CT molecular complexity index is 177. The van der Waals surface area contributed by atoms with Crippen molar-refractivity contribution in [2.24, 2.45) is 5.92 Å². The van der Waals surface area contributed by atoms with E-state index in [9.17, 15) is 4.79 Å². The second-order valence-corrected chi connectivity index (χ2v) is 4.29. The first-order chi connectivity index (χ1) is 6.04. The molecule has 1 heterocycles. The molecule has 1 amide bonds. The van der Waals surface area contributed by atoms with Crippen molar-refractivity contribution in [2.75, 3.05) is 13.1 Å². The van der Waals surface area contributed by atoms with Gasteiger partial charge in [0.05, 0.1) is 5.92 Å². The minimum atomic E-state index is 0.227. The van der Waals surface area contributed by atoms with Crippen LogP contribution in [0.5, 0.6) is 0 Å². The van der Waals surface area contributed by atoms with Crippen LogP contribution in [0.1, 0.15) is 27.7 Å². The van der Waals surface area contributed by atoms with Crippen molar-refractivity contribution in [2.45, 2.75) is 39.8 Å². The molecule has 1 N–H and O–H groups in total. The third-order valence-electron chi connectivity index (χ3n) is 2.50. The maximum atomic E-state index is 11.9. The van der Waals surface area contributed by atoms with Gasteiger partial charge < -0.3 is 10.2 Å². The maximum absolute atomic E-state index is 11.9. The fourth-order valence-corrected chi connectivity index (χ4v) is 1.78. The molecular weight excluding hydrogens is 164 g/mol. The summed E-state index contributed by atoms with van der Waals surface area (Å²) in [7, 11) is 0. The van der Waals surface area contributed by atoms with Gasteiger partial charge >= 0.3 is 0 Å². The molecule has 1 rings (SSSR count). The third kappa shape index (κ3) is 2.21. The van der Waals surface area contributed by atoms with Crippen LogP contribution in [0.3, 0.4) is 0 Å². The number of hydrogen-bond acceptors (Lipinski definition) is 2. The molecule has 13 heavy (non-hydrogen) atoms. The predicted molar refractivity (Wildman–Crippen MR) is 53.5 cm³/mol. The van der Waals surface area contributed by atoms with Crippen molar-refractivity contribution in [1.29, 1.82) is 0 Å². The van der Waals surface area contributed by atoms with E-state index in [2.05, 4.69) is 33.0 Å². The molecule has 0 aromatic heterocycles. The molecule has 1 aliphatic heterocycles. The van der Waals surface area contributed by atoms with Crippen LogP contribution in [-0.2, 0) is 4.79 Å². The molecule has 0 spiro atoms. The van der Waals surface area contributed by atoms with E-state index in [0.717, 1.165) is 13.1 Å². The molecule has 0 aliphatic carbocycles. The van der Waals surface area contributed by atoms with E-state index in [-0.39, 0.29) is 5.92 Å². The standard InChI is InChI=1S/C10H20N2O/c1-7(2)12(8(3)4)10(13)9-5-11-6-9/h7-9,11H,5-6H2,1-4H3. The fourth-order valence-electron chi connectivity index (χ4n) is 1.78. The lowest BCUT2D eigenvalue weighted by Gasteiger charge is -2.37. The summed E-state index contributed by atoms with van der Waals surface area (Å²) in [4.78, 5) is 13.9. The molecule has 0 aromatic rings. The second kappa shape index (κ2) is 4.09. The Morgan fingerprint density at radius 2 is 1.69 bits per heavy atom. The fraction of sp³-hybridized carbons (Fsp3) is 0.900. The van der Waals surface area contributed by atoms with Gasteiger partial charge in [-0.15, -0.1) is 0 Å². The van der Waals surface area contributed by atoms with Crippen LogP contribution in [0.4, 0.5) is 0 Å². The molecule has 0 bridgehead atoms. The number of nitrogens with zero attached hydrogens (tertiary/aromatic N) is 1. The summed E-state index contributed by atoms with van der Waals surface area (Å²) in [5.74, 6) is 0.536. The van der Waals surface area contributed by atoms with Gasteiger partial charge in [0.1, 0.15) is 0 Å². The first-order valence-electron chi connectivity index (χ1n) is 5.07. The van der Waals surface area contributed by atoms with E-state index >= 15 is 0 Å². The zero-order valence-electron chi connectivity index (χ0n) is 9.00. The van der Waals surface area contributed by atoms with Crippen molar-refractivity contribution in [3.63, 3.8) is 0 Å². The van der Waals surface area contributed by atoms with Gasteiger partial charge in [-0.3, -0.25) is 4.79 Å². The summed E-state index contributed by atoms with van der Waals surface area (Å²) >= 11 is 0. The zero-order chi connectivity index (χ0) is 10.0.